The molecule has 184 valence electrons. The standard InChI is InChI=1S/C27H38N4O3/c1-5-6-13-31-25(33)23(16-18(2)3)29-26(34)27(31)11-14-30(15-12-27)24(19(4)32)21-17-28-22-10-8-7-9-20(21)22/h7-10,17-18,23-24,28H,5-6,11-16H2,1-4H3,(H,29,34). The van der Waals surface area contributed by atoms with E-state index >= 15 is 0 Å². The van der Waals surface area contributed by atoms with Crippen molar-refractivity contribution in [1.29, 1.82) is 0 Å². The van der Waals surface area contributed by atoms with Crippen LogP contribution in [-0.4, -0.2) is 63.6 Å². The summed E-state index contributed by atoms with van der Waals surface area (Å²) >= 11 is 0. The Labute approximate surface area is 202 Å². The summed E-state index contributed by atoms with van der Waals surface area (Å²) in [7, 11) is 0. The number of carbonyl (C=O) groups excluding carboxylic acids is 3. The number of nitrogens with one attached hydrogen (secondary N) is 2. The molecule has 2 saturated heterocycles. The van der Waals surface area contributed by atoms with Gasteiger partial charge >= 0.3 is 0 Å². The second-order valence-corrected chi connectivity index (χ2v) is 10.4. The molecule has 2 aromatic rings. The topological polar surface area (TPSA) is 85.5 Å². The smallest absolute Gasteiger partial charge is 0.246 e. The molecule has 2 N–H and O–H groups in total. The van der Waals surface area contributed by atoms with Crippen molar-refractivity contribution in [3.8, 4) is 0 Å². The first-order chi connectivity index (χ1) is 16.3. The highest BCUT2D eigenvalue weighted by atomic mass is 16.2. The van der Waals surface area contributed by atoms with Crippen LogP contribution in [0.4, 0.5) is 0 Å². The highest BCUT2D eigenvalue weighted by Gasteiger charge is 2.54. The van der Waals surface area contributed by atoms with Gasteiger partial charge in [0.2, 0.25) is 11.8 Å². The molecule has 7 nitrogen and oxygen atoms in total. The van der Waals surface area contributed by atoms with E-state index < -0.39 is 11.6 Å². The molecule has 2 amide bonds. The molecule has 1 spiro atoms. The molecule has 7 heteroatoms. The van der Waals surface area contributed by atoms with Gasteiger partial charge in [-0.15, -0.1) is 0 Å². The van der Waals surface area contributed by atoms with E-state index in [-0.39, 0.29) is 23.6 Å². The summed E-state index contributed by atoms with van der Waals surface area (Å²) < 4.78 is 0. The molecule has 34 heavy (non-hydrogen) atoms. The Bertz CT molecular complexity index is 1050. The van der Waals surface area contributed by atoms with Crippen LogP contribution in [0.25, 0.3) is 10.9 Å². The number of piperidine rings is 1. The lowest BCUT2D eigenvalue weighted by molar-refractivity contribution is -0.162. The monoisotopic (exact) mass is 466 g/mol. The number of fused-ring (bicyclic) bond motifs is 1. The zero-order valence-corrected chi connectivity index (χ0v) is 20.9. The fraction of sp³-hybridized carbons (Fsp3) is 0.593. The number of aromatic amines is 1. The molecular weight excluding hydrogens is 428 g/mol. The van der Waals surface area contributed by atoms with E-state index in [1.54, 1.807) is 6.92 Å². The molecule has 2 aliphatic heterocycles. The van der Waals surface area contributed by atoms with Gasteiger partial charge in [-0.25, -0.2) is 0 Å². The van der Waals surface area contributed by atoms with Crippen LogP contribution in [0.2, 0.25) is 0 Å². The number of nitrogens with zero attached hydrogens (tertiary/aromatic N) is 2. The van der Waals surface area contributed by atoms with Gasteiger partial charge in [0.25, 0.3) is 0 Å². The van der Waals surface area contributed by atoms with E-state index in [1.807, 2.05) is 35.4 Å². The number of rotatable bonds is 8. The number of piperazine rings is 1. The van der Waals surface area contributed by atoms with Crippen LogP contribution in [0, 0.1) is 5.92 Å². The van der Waals surface area contributed by atoms with Crippen molar-refractivity contribution in [2.45, 2.75) is 77.4 Å². The van der Waals surface area contributed by atoms with Crippen molar-refractivity contribution < 1.29 is 14.4 Å². The first-order valence-electron chi connectivity index (χ1n) is 12.7. The molecule has 3 heterocycles. The van der Waals surface area contributed by atoms with E-state index in [2.05, 4.69) is 36.0 Å². The Morgan fingerprint density at radius 3 is 2.53 bits per heavy atom. The molecule has 2 fully saturated rings. The third-order valence-electron chi connectivity index (χ3n) is 7.54. The number of carbonyl (C=O) groups is 3. The predicted molar refractivity (Wildman–Crippen MR) is 133 cm³/mol. The molecule has 0 radical (unpaired) electrons. The number of para-hydroxylation sites is 1. The van der Waals surface area contributed by atoms with Gasteiger partial charge in [0.15, 0.2) is 5.78 Å². The summed E-state index contributed by atoms with van der Waals surface area (Å²) in [4.78, 5) is 47.2. The zero-order valence-electron chi connectivity index (χ0n) is 20.9. The Morgan fingerprint density at radius 2 is 1.88 bits per heavy atom. The summed E-state index contributed by atoms with van der Waals surface area (Å²) in [6.45, 7) is 9.67. The van der Waals surface area contributed by atoms with Crippen molar-refractivity contribution in [2.24, 2.45) is 5.92 Å². The van der Waals surface area contributed by atoms with Gasteiger partial charge in [-0.3, -0.25) is 19.3 Å². The highest BCUT2D eigenvalue weighted by Crippen LogP contribution is 2.38. The Kier molecular flexibility index (Phi) is 7.12. The number of aromatic nitrogens is 1. The SMILES string of the molecule is CCCCN1C(=O)C(CC(C)C)NC(=O)C12CCN(C(C(C)=O)c1c[nH]c3ccccc13)CC2. The fourth-order valence-corrected chi connectivity index (χ4v) is 5.79. The van der Waals surface area contributed by atoms with Crippen molar-refractivity contribution in [1.82, 2.24) is 20.1 Å². The number of hydrogen-bond donors (Lipinski definition) is 2. The van der Waals surface area contributed by atoms with Crippen molar-refractivity contribution in [3.05, 3.63) is 36.0 Å². The number of unbranched alkanes of at least 4 members (excludes halogenated alkanes) is 1. The van der Waals surface area contributed by atoms with E-state index in [1.165, 1.54) is 0 Å². The van der Waals surface area contributed by atoms with Crippen molar-refractivity contribution >= 4 is 28.5 Å². The number of hydrogen-bond acceptors (Lipinski definition) is 4. The van der Waals surface area contributed by atoms with Gasteiger partial charge in [-0.1, -0.05) is 45.4 Å². The number of amides is 2. The first-order valence-corrected chi connectivity index (χ1v) is 12.7. The van der Waals surface area contributed by atoms with Crippen LogP contribution in [0.15, 0.2) is 30.5 Å². The van der Waals surface area contributed by atoms with E-state index in [4.69, 9.17) is 0 Å². The average molecular weight is 467 g/mol. The maximum absolute atomic E-state index is 13.5. The van der Waals surface area contributed by atoms with Crippen LogP contribution in [0.5, 0.6) is 0 Å². The summed E-state index contributed by atoms with van der Waals surface area (Å²) in [6.07, 6.45) is 5.51. The number of Topliss-reactive ketones (excluding diaryl/α,β-unsaturated/α-hetero) is 1. The van der Waals surface area contributed by atoms with Gasteiger partial charge in [-0.05, 0) is 44.6 Å². The molecule has 1 aromatic carbocycles. The molecule has 0 bridgehead atoms. The van der Waals surface area contributed by atoms with Crippen LogP contribution in [-0.2, 0) is 14.4 Å². The average Bonchev–Trinajstić information content (AvgIpc) is 3.22. The molecule has 2 unspecified atom stereocenters. The predicted octanol–water partition coefficient (Wildman–Crippen LogP) is 3.81. The third-order valence-corrected chi connectivity index (χ3v) is 7.54. The number of likely N-dealkylation sites (tertiary alicyclic amines) is 1. The van der Waals surface area contributed by atoms with Crippen LogP contribution >= 0.6 is 0 Å². The summed E-state index contributed by atoms with van der Waals surface area (Å²) in [6, 6.07) is 7.21. The van der Waals surface area contributed by atoms with Gasteiger partial charge < -0.3 is 15.2 Å². The minimum Gasteiger partial charge on any atom is -0.361 e. The van der Waals surface area contributed by atoms with E-state index in [0.717, 1.165) is 29.3 Å². The molecule has 0 saturated carbocycles. The number of H-pyrrole nitrogens is 1. The largest absolute Gasteiger partial charge is 0.361 e. The van der Waals surface area contributed by atoms with E-state index in [0.29, 0.717) is 44.8 Å². The molecule has 1 aromatic heterocycles. The Morgan fingerprint density at radius 1 is 1.18 bits per heavy atom. The normalized spacial score (nSPS) is 21.9. The molecule has 4 rings (SSSR count). The quantitative estimate of drug-likeness (QED) is 0.620. The lowest BCUT2D eigenvalue weighted by Crippen LogP contribution is -2.73. The van der Waals surface area contributed by atoms with Gasteiger partial charge in [0, 0.05) is 42.3 Å². The van der Waals surface area contributed by atoms with Gasteiger partial charge in [0.1, 0.15) is 11.6 Å². The van der Waals surface area contributed by atoms with Crippen LogP contribution < -0.4 is 5.32 Å². The second-order valence-electron chi connectivity index (χ2n) is 10.4. The third kappa shape index (κ3) is 4.38. The van der Waals surface area contributed by atoms with Crippen LogP contribution in [0.1, 0.15) is 71.4 Å². The zero-order chi connectivity index (χ0) is 24.5. The van der Waals surface area contributed by atoms with Crippen molar-refractivity contribution in [3.63, 3.8) is 0 Å². The summed E-state index contributed by atoms with van der Waals surface area (Å²) in [5, 5.41) is 4.11. The lowest BCUT2D eigenvalue weighted by Gasteiger charge is -2.52. The Balaban J connectivity index is 1.58. The summed E-state index contributed by atoms with van der Waals surface area (Å²) in [5.41, 5.74) is 1.16. The Hall–Kier alpha value is -2.67. The molecule has 2 aliphatic rings. The summed E-state index contributed by atoms with van der Waals surface area (Å²) in [5.74, 6) is 0.435. The first kappa shape index (κ1) is 24.5. The molecular formula is C27H38N4O3. The highest BCUT2D eigenvalue weighted by molar-refractivity contribution is 6.00. The fourth-order valence-electron chi connectivity index (χ4n) is 5.79. The lowest BCUT2D eigenvalue weighted by atomic mass is 9.80. The maximum Gasteiger partial charge on any atom is 0.246 e. The molecule has 2 atom stereocenters. The van der Waals surface area contributed by atoms with Crippen molar-refractivity contribution in [2.75, 3.05) is 19.6 Å². The minimum absolute atomic E-state index is 0.0278. The number of ketones is 1. The number of benzene rings is 1. The van der Waals surface area contributed by atoms with Gasteiger partial charge in [-0.2, -0.15) is 0 Å². The maximum atomic E-state index is 13.5. The van der Waals surface area contributed by atoms with Gasteiger partial charge in [0.05, 0.1) is 6.04 Å². The minimum atomic E-state index is -0.822. The van der Waals surface area contributed by atoms with E-state index in [9.17, 15) is 14.4 Å². The van der Waals surface area contributed by atoms with Crippen LogP contribution in [0.3, 0.4) is 0 Å². The second kappa shape index (κ2) is 9.90. The molecule has 0 aliphatic carbocycles.